The molecule has 0 radical (unpaired) electrons. The minimum Gasteiger partial charge on any atom is -0.375 e. The first kappa shape index (κ1) is 24.1. The van der Waals surface area contributed by atoms with Crippen LogP contribution in [0.25, 0.3) is 0 Å². The highest BCUT2D eigenvalue weighted by molar-refractivity contribution is 5.22. The fourth-order valence-electron chi connectivity index (χ4n) is 11.8. The minimum absolute atomic E-state index is 0.0266. The molecule has 31 heavy (non-hydrogen) atoms. The summed E-state index contributed by atoms with van der Waals surface area (Å²) >= 11 is 0. The SMILES string of the molecule is CC1C(C)C(C)(C)C2CCC3(C)C(C(C)C(C)C4(C(C)C)COC(C)(C)C34)C2(C)C1C. The van der Waals surface area contributed by atoms with Crippen LogP contribution in [-0.2, 0) is 4.74 Å². The Bertz CT molecular complexity index is 720. The highest BCUT2D eigenvalue weighted by Crippen LogP contribution is 2.78. The van der Waals surface area contributed by atoms with Crippen molar-refractivity contribution < 1.29 is 4.74 Å². The van der Waals surface area contributed by atoms with E-state index in [1.807, 2.05) is 0 Å². The molecule has 0 aromatic carbocycles. The zero-order valence-electron chi connectivity index (χ0n) is 23.2. The topological polar surface area (TPSA) is 9.23 Å². The zero-order valence-corrected chi connectivity index (χ0v) is 23.2. The van der Waals surface area contributed by atoms with Gasteiger partial charge in [-0.05, 0) is 90.3 Å². The van der Waals surface area contributed by atoms with Gasteiger partial charge in [0, 0.05) is 11.3 Å². The maximum Gasteiger partial charge on any atom is 0.0666 e. The third-order valence-corrected chi connectivity index (χ3v) is 13.6. The molecule has 0 spiro atoms. The highest BCUT2D eigenvalue weighted by atomic mass is 16.5. The lowest BCUT2D eigenvalue weighted by molar-refractivity contribution is -0.270. The molecule has 0 bridgehead atoms. The Labute approximate surface area is 194 Å². The van der Waals surface area contributed by atoms with Crippen molar-refractivity contribution >= 4 is 0 Å². The quantitative estimate of drug-likeness (QED) is 0.406. The van der Waals surface area contributed by atoms with Gasteiger partial charge in [0.15, 0.2) is 0 Å². The molecule has 1 heteroatoms. The summed E-state index contributed by atoms with van der Waals surface area (Å²) in [6.07, 6.45) is 2.79. The van der Waals surface area contributed by atoms with E-state index in [4.69, 9.17) is 4.74 Å². The third kappa shape index (κ3) is 2.60. The normalized spacial score (nSPS) is 57.9. The van der Waals surface area contributed by atoms with Crippen LogP contribution < -0.4 is 0 Å². The molecule has 0 aromatic rings. The highest BCUT2D eigenvalue weighted by Gasteiger charge is 2.75. The summed E-state index contributed by atoms with van der Waals surface area (Å²) in [5.74, 6) is 6.71. The van der Waals surface area contributed by atoms with Gasteiger partial charge in [-0.3, -0.25) is 0 Å². The van der Waals surface area contributed by atoms with Crippen molar-refractivity contribution in [3.8, 4) is 0 Å². The van der Waals surface area contributed by atoms with Gasteiger partial charge in [-0.2, -0.15) is 0 Å². The molecule has 1 heterocycles. The lowest BCUT2D eigenvalue weighted by atomic mass is 9.29. The summed E-state index contributed by atoms with van der Waals surface area (Å²) < 4.78 is 6.76. The Kier molecular flexibility index (Phi) is 5.26. The maximum atomic E-state index is 6.76. The summed E-state index contributed by atoms with van der Waals surface area (Å²) in [4.78, 5) is 0. The van der Waals surface area contributed by atoms with Crippen LogP contribution in [0.3, 0.4) is 0 Å². The number of fused-ring (bicyclic) bond motifs is 5. The molecule has 1 aliphatic heterocycles. The molecule has 11 unspecified atom stereocenters. The Hall–Kier alpha value is -0.0400. The van der Waals surface area contributed by atoms with E-state index < -0.39 is 0 Å². The summed E-state index contributed by atoms with van der Waals surface area (Å²) in [5, 5.41) is 0. The van der Waals surface area contributed by atoms with Crippen LogP contribution in [0.5, 0.6) is 0 Å². The largest absolute Gasteiger partial charge is 0.375 e. The number of ether oxygens (including phenoxy) is 1. The van der Waals surface area contributed by atoms with E-state index in [0.29, 0.717) is 39.4 Å². The molecule has 4 fully saturated rings. The van der Waals surface area contributed by atoms with E-state index in [9.17, 15) is 0 Å². The molecule has 1 saturated heterocycles. The molecule has 1 nitrogen and oxygen atoms in total. The maximum absolute atomic E-state index is 6.76. The smallest absolute Gasteiger partial charge is 0.0666 e. The van der Waals surface area contributed by atoms with Crippen molar-refractivity contribution in [2.45, 2.75) is 108 Å². The van der Waals surface area contributed by atoms with Gasteiger partial charge in [0.25, 0.3) is 0 Å². The van der Waals surface area contributed by atoms with Gasteiger partial charge >= 0.3 is 0 Å². The Balaban J connectivity index is 1.94. The Morgan fingerprint density at radius 1 is 0.774 bits per heavy atom. The van der Waals surface area contributed by atoms with Gasteiger partial charge in [0.1, 0.15) is 0 Å². The van der Waals surface area contributed by atoms with Crippen LogP contribution in [0, 0.1) is 74.9 Å². The zero-order chi connectivity index (χ0) is 23.5. The standard InChI is InChI=1S/C30H54O/c1-17(2)30-16-31-27(10,11)25(30)28(12)15-14-23-26(8,9)20(5)18(3)21(6)29(23,13)24(28)19(4)22(30)7/h17-25H,14-16H2,1-13H3. The molecule has 180 valence electrons. The summed E-state index contributed by atoms with van der Waals surface area (Å²) in [5.41, 5.74) is 1.45. The summed E-state index contributed by atoms with van der Waals surface area (Å²) in [6.45, 7) is 34.5. The second kappa shape index (κ2) is 6.76. The van der Waals surface area contributed by atoms with Crippen molar-refractivity contribution in [3.05, 3.63) is 0 Å². The molecule has 3 aliphatic carbocycles. The third-order valence-electron chi connectivity index (χ3n) is 13.6. The minimum atomic E-state index is -0.0266. The van der Waals surface area contributed by atoms with E-state index in [2.05, 4.69) is 90.0 Å². The van der Waals surface area contributed by atoms with E-state index >= 15 is 0 Å². The molecule has 0 amide bonds. The van der Waals surface area contributed by atoms with Gasteiger partial charge in [-0.25, -0.2) is 0 Å². The fraction of sp³-hybridized carbons (Fsp3) is 1.00. The van der Waals surface area contributed by atoms with Gasteiger partial charge in [-0.15, -0.1) is 0 Å². The Morgan fingerprint density at radius 3 is 1.90 bits per heavy atom. The number of hydrogen-bond acceptors (Lipinski definition) is 1. The molecule has 0 N–H and O–H groups in total. The Morgan fingerprint density at radius 2 is 1.35 bits per heavy atom. The second-order valence-electron chi connectivity index (χ2n) is 14.9. The van der Waals surface area contributed by atoms with Gasteiger partial charge < -0.3 is 4.74 Å². The van der Waals surface area contributed by atoms with E-state index in [1.165, 1.54) is 12.8 Å². The van der Waals surface area contributed by atoms with Crippen LogP contribution >= 0.6 is 0 Å². The van der Waals surface area contributed by atoms with Crippen LogP contribution in [0.2, 0.25) is 0 Å². The van der Waals surface area contributed by atoms with Crippen molar-refractivity contribution in [2.75, 3.05) is 6.61 Å². The molecule has 3 saturated carbocycles. The average molecular weight is 431 g/mol. The summed E-state index contributed by atoms with van der Waals surface area (Å²) in [6, 6.07) is 0. The van der Waals surface area contributed by atoms with Crippen molar-refractivity contribution in [1.82, 2.24) is 0 Å². The van der Waals surface area contributed by atoms with Crippen LogP contribution in [0.4, 0.5) is 0 Å². The first-order valence-electron chi connectivity index (χ1n) is 13.7. The number of rotatable bonds is 1. The summed E-state index contributed by atoms with van der Waals surface area (Å²) in [7, 11) is 0. The average Bonchev–Trinajstić information content (AvgIpc) is 2.96. The second-order valence-corrected chi connectivity index (χ2v) is 14.9. The predicted octanol–water partition coefficient (Wildman–Crippen LogP) is 8.33. The van der Waals surface area contributed by atoms with Crippen molar-refractivity contribution in [2.24, 2.45) is 74.9 Å². The van der Waals surface area contributed by atoms with Gasteiger partial charge in [-0.1, -0.05) is 76.2 Å². The first-order chi connectivity index (χ1) is 14.0. The molecular weight excluding hydrogens is 376 g/mol. The lowest BCUT2D eigenvalue weighted by Crippen LogP contribution is -2.71. The number of hydrogen-bond donors (Lipinski definition) is 0. The first-order valence-corrected chi connectivity index (χ1v) is 13.7. The van der Waals surface area contributed by atoms with Gasteiger partial charge in [0.2, 0.25) is 0 Å². The molecule has 11 atom stereocenters. The van der Waals surface area contributed by atoms with Crippen LogP contribution in [0.15, 0.2) is 0 Å². The molecule has 0 aromatic heterocycles. The van der Waals surface area contributed by atoms with Crippen molar-refractivity contribution in [1.29, 1.82) is 0 Å². The molecule has 4 rings (SSSR count). The molecule has 4 aliphatic rings. The lowest BCUT2D eigenvalue weighted by Gasteiger charge is -2.75. The van der Waals surface area contributed by atoms with Gasteiger partial charge in [0.05, 0.1) is 12.2 Å². The van der Waals surface area contributed by atoms with Crippen molar-refractivity contribution in [3.63, 3.8) is 0 Å². The molecular formula is C30H54O. The van der Waals surface area contributed by atoms with E-state index in [-0.39, 0.29) is 5.60 Å². The fourth-order valence-corrected chi connectivity index (χ4v) is 11.8. The predicted molar refractivity (Wildman–Crippen MR) is 133 cm³/mol. The monoisotopic (exact) mass is 430 g/mol. The van der Waals surface area contributed by atoms with E-state index in [1.54, 1.807) is 0 Å². The van der Waals surface area contributed by atoms with Crippen LogP contribution in [-0.4, -0.2) is 12.2 Å². The van der Waals surface area contributed by atoms with E-state index in [0.717, 1.165) is 42.1 Å². The van der Waals surface area contributed by atoms with Crippen LogP contribution in [0.1, 0.15) is 103 Å².